The van der Waals surface area contributed by atoms with Gasteiger partial charge in [0, 0.05) is 41.1 Å². The molecule has 0 radical (unpaired) electrons. The molecule has 0 aromatic heterocycles. The fourth-order valence-corrected chi connectivity index (χ4v) is 11.7. The molecule has 5 aliphatic rings. The number of amides is 1. The molecule has 12 heteroatoms. The first-order valence-electron chi connectivity index (χ1n) is 23.5. The van der Waals surface area contributed by atoms with Crippen LogP contribution >= 0.6 is 15.9 Å². The maximum absolute atomic E-state index is 14.7. The molecule has 5 heterocycles. The fraction of sp³-hybridized carbons (Fsp3) is 0.796. The van der Waals surface area contributed by atoms with Crippen molar-refractivity contribution in [3.8, 4) is 0 Å². The van der Waals surface area contributed by atoms with Gasteiger partial charge in [-0.3, -0.25) is 9.59 Å². The number of carbonyl (C=O) groups excluding carboxylic acids is 2. The fourth-order valence-electron chi connectivity index (χ4n) is 11.4. The number of nitrogens with one attached hydrogen (secondary N) is 1. The van der Waals surface area contributed by atoms with Crippen LogP contribution in [0.3, 0.4) is 0 Å². The van der Waals surface area contributed by atoms with Gasteiger partial charge in [0.25, 0.3) is 0 Å². The van der Waals surface area contributed by atoms with Crippen LogP contribution in [0.1, 0.15) is 139 Å². The molecule has 0 unspecified atom stereocenters. The Hall–Kier alpha value is -1.74. The molecule has 5 aliphatic heterocycles. The van der Waals surface area contributed by atoms with Crippen molar-refractivity contribution in [2.24, 2.45) is 41.4 Å². The molecular weight excluding hydrogens is 842 g/mol. The van der Waals surface area contributed by atoms with Gasteiger partial charge in [0.15, 0.2) is 5.79 Å². The molecule has 0 bridgehead atoms. The Morgan fingerprint density at radius 1 is 0.902 bits per heavy atom. The van der Waals surface area contributed by atoms with Crippen molar-refractivity contribution in [1.82, 2.24) is 5.32 Å². The maximum Gasteiger partial charge on any atom is 0.225 e. The van der Waals surface area contributed by atoms with Crippen LogP contribution in [-0.2, 0) is 39.8 Å². The van der Waals surface area contributed by atoms with Gasteiger partial charge >= 0.3 is 0 Å². The molecule has 1 amide bonds. The maximum atomic E-state index is 14.7. The Kier molecular flexibility index (Phi) is 15.5. The van der Waals surface area contributed by atoms with Crippen molar-refractivity contribution in [3.63, 3.8) is 0 Å². The summed E-state index contributed by atoms with van der Waals surface area (Å²) in [5.41, 5.74) is -0.614. The SMILES string of the molecule is CC[C@@H](C(=O)[C@@H](C)[C@@H](O)[C@H](C)[C@@H]1O[C@@H]([C@@H](CC)C(=O)NCc2ccc(Br)cc2)CC[C@@H]1C)[C@H]1O[C@@]2(C=C[C@@H](O)[C@@]3(CC[C@@](C)([C@H]4CC[C@](O)(CC)[C@H](C)O4)O3)O2)[C@H](C)C[C@@H]1C. The second-order valence-corrected chi connectivity index (χ2v) is 20.8. The summed E-state index contributed by atoms with van der Waals surface area (Å²) < 4.78 is 35.0. The van der Waals surface area contributed by atoms with Crippen LogP contribution in [0, 0.1) is 41.4 Å². The van der Waals surface area contributed by atoms with Gasteiger partial charge in [0.1, 0.15) is 11.9 Å². The van der Waals surface area contributed by atoms with Gasteiger partial charge in [-0.05, 0) is 113 Å². The molecular formula is C49H76BrNO10. The number of aliphatic hydroxyl groups excluding tert-OH is 2. The second-order valence-electron chi connectivity index (χ2n) is 19.9. The van der Waals surface area contributed by atoms with Crippen LogP contribution in [0.2, 0.25) is 0 Å². The number of ether oxygens (including phenoxy) is 5. The van der Waals surface area contributed by atoms with Gasteiger partial charge in [0.05, 0.1) is 53.7 Å². The van der Waals surface area contributed by atoms with Crippen LogP contribution in [0.5, 0.6) is 0 Å². The number of aliphatic hydroxyl groups is 3. The molecule has 2 spiro atoms. The van der Waals surface area contributed by atoms with Crippen LogP contribution < -0.4 is 5.32 Å². The molecule has 0 saturated carbocycles. The summed E-state index contributed by atoms with van der Waals surface area (Å²) in [6.07, 6.45) is 6.10. The van der Waals surface area contributed by atoms with Gasteiger partial charge in [-0.25, -0.2) is 0 Å². The van der Waals surface area contributed by atoms with E-state index in [4.69, 9.17) is 23.7 Å². The summed E-state index contributed by atoms with van der Waals surface area (Å²) in [4.78, 5) is 28.2. The van der Waals surface area contributed by atoms with E-state index in [9.17, 15) is 24.9 Å². The third-order valence-electron chi connectivity index (χ3n) is 15.8. The van der Waals surface area contributed by atoms with Crippen LogP contribution in [0.15, 0.2) is 40.9 Å². The van der Waals surface area contributed by atoms with Crippen molar-refractivity contribution in [1.29, 1.82) is 0 Å². The summed E-state index contributed by atoms with van der Waals surface area (Å²) in [5.74, 6) is -4.56. The highest BCUT2D eigenvalue weighted by atomic mass is 79.9. The van der Waals surface area contributed by atoms with E-state index in [0.717, 1.165) is 29.3 Å². The van der Waals surface area contributed by atoms with Gasteiger partial charge < -0.3 is 44.3 Å². The molecule has 344 valence electrons. The van der Waals surface area contributed by atoms with E-state index in [0.29, 0.717) is 51.5 Å². The molecule has 4 fully saturated rings. The van der Waals surface area contributed by atoms with Crippen molar-refractivity contribution < 1.29 is 48.6 Å². The molecule has 18 atom stereocenters. The quantitative estimate of drug-likeness (QED) is 0.135. The first-order chi connectivity index (χ1) is 28.8. The summed E-state index contributed by atoms with van der Waals surface area (Å²) in [5, 5.41) is 37.7. The molecule has 61 heavy (non-hydrogen) atoms. The van der Waals surface area contributed by atoms with Gasteiger partial charge in [0.2, 0.25) is 11.7 Å². The van der Waals surface area contributed by atoms with Crippen molar-refractivity contribution in [2.45, 2.75) is 205 Å². The van der Waals surface area contributed by atoms with E-state index in [1.54, 1.807) is 6.08 Å². The van der Waals surface area contributed by atoms with Crippen molar-refractivity contribution in [2.75, 3.05) is 0 Å². The van der Waals surface area contributed by atoms with Crippen molar-refractivity contribution >= 4 is 27.6 Å². The zero-order chi connectivity index (χ0) is 44.7. The number of halogens is 1. The van der Waals surface area contributed by atoms with Crippen LogP contribution in [0.4, 0.5) is 0 Å². The molecule has 4 N–H and O–H groups in total. The summed E-state index contributed by atoms with van der Waals surface area (Å²) in [6.45, 7) is 20.5. The highest BCUT2D eigenvalue weighted by molar-refractivity contribution is 9.10. The van der Waals surface area contributed by atoms with Gasteiger partial charge in [-0.1, -0.05) is 83.5 Å². The highest BCUT2D eigenvalue weighted by Crippen LogP contribution is 2.54. The van der Waals surface area contributed by atoms with Gasteiger partial charge in [-0.2, -0.15) is 0 Å². The lowest BCUT2D eigenvalue weighted by Crippen LogP contribution is -2.63. The number of hydrogen-bond donors (Lipinski definition) is 4. The van der Waals surface area contributed by atoms with E-state index in [1.807, 2.05) is 78.8 Å². The zero-order valence-corrected chi connectivity index (χ0v) is 40.0. The predicted molar refractivity (Wildman–Crippen MR) is 237 cm³/mol. The summed E-state index contributed by atoms with van der Waals surface area (Å²) >= 11 is 3.46. The van der Waals surface area contributed by atoms with Gasteiger partial charge in [-0.15, -0.1) is 0 Å². The lowest BCUT2D eigenvalue weighted by molar-refractivity contribution is -0.409. The third-order valence-corrected chi connectivity index (χ3v) is 16.4. The minimum Gasteiger partial charge on any atom is -0.392 e. The Bertz CT molecular complexity index is 1690. The standard InChI is InChI=1S/C49H76BrNO10/c1-11-36(45(55)51-27-34-15-17-35(50)18-16-34)38-19-14-28(4)43(58-38)32(8)41(53)31(7)42(54)37(12-2)44-29(5)26-30(6)48(59-44)23-20-39(52)49(61-48)25-24-46(10,60-49)40-21-22-47(56,13-3)33(9)57-40/h15-18,20,23,28-33,36-41,43-44,52-53,56H,11-14,19,21-22,24-27H2,1-10H3,(H,51,55)/t28-,29-,30+,31-,32-,33-,36+,37-,38+,39+,40+,41+,43+,44-,46-,47+,48+,49+/m0/s1. The number of rotatable bonds is 14. The largest absolute Gasteiger partial charge is 0.392 e. The number of Topliss-reactive ketones (excluding diaryl/α,β-unsaturated/α-hetero) is 1. The topological polar surface area (TPSA) is 153 Å². The minimum atomic E-state index is -1.37. The molecule has 6 rings (SSSR count). The number of ketones is 1. The number of hydrogen-bond acceptors (Lipinski definition) is 10. The average molecular weight is 919 g/mol. The Labute approximate surface area is 373 Å². The predicted octanol–water partition coefficient (Wildman–Crippen LogP) is 8.18. The molecule has 1 aromatic carbocycles. The number of carbonyl (C=O) groups is 2. The Morgan fingerprint density at radius 3 is 2.23 bits per heavy atom. The van der Waals surface area contributed by atoms with E-state index in [-0.39, 0.29) is 65.7 Å². The Balaban J connectivity index is 1.12. The lowest BCUT2D eigenvalue weighted by atomic mass is 9.72. The second kappa shape index (κ2) is 19.4. The first-order valence-corrected chi connectivity index (χ1v) is 24.3. The summed E-state index contributed by atoms with van der Waals surface area (Å²) in [7, 11) is 0. The van der Waals surface area contributed by atoms with E-state index in [1.165, 1.54) is 0 Å². The highest BCUT2D eigenvalue weighted by Gasteiger charge is 2.63. The normalized spacial score (nSPS) is 41.6. The summed E-state index contributed by atoms with van der Waals surface area (Å²) in [6, 6.07) is 7.89. The molecule has 4 saturated heterocycles. The van der Waals surface area contributed by atoms with Crippen LogP contribution in [0.25, 0.3) is 0 Å². The lowest BCUT2D eigenvalue weighted by Gasteiger charge is -2.54. The minimum absolute atomic E-state index is 0.0173. The zero-order valence-electron chi connectivity index (χ0n) is 38.4. The average Bonchev–Trinajstić information content (AvgIpc) is 3.59. The van der Waals surface area contributed by atoms with E-state index >= 15 is 0 Å². The van der Waals surface area contributed by atoms with E-state index < -0.39 is 52.9 Å². The van der Waals surface area contributed by atoms with E-state index in [2.05, 4.69) is 42.0 Å². The molecule has 11 nitrogen and oxygen atoms in total. The third kappa shape index (κ3) is 9.79. The monoisotopic (exact) mass is 917 g/mol. The number of benzene rings is 1. The Morgan fingerprint density at radius 2 is 1.59 bits per heavy atom. The molecule has 0 aliphatic carbocycles. The smallest absolute Gasteiger partial charge is 0.225 e. The first kappa shape index (κ1) is 48.7. The van der Waals surface area contributed by atoms with Crippen LogP contribution in [-0.4, -0.2) is 92.5 Å². The van der Waals surface area contributed by atoms with Crippen molar-refractivity contribution in [3.05, 3.63) is 46.5 Å². The molecule has 1 aromatic rings.